The van der Waals surface area contributed by atoms with Gasteiger partial charge in [-0.15, -0.1) is 5.10 Å². The zero-order valence-electron chi connectivity index (χ0n) is 16.8. The van der Waals surface area contributed by atoms with Crippen molar-refractivity contribution in [3.63, 3.8) is 0 Å². The lowest BCUT2D eigenvalue weighted by molar-refractivity contribution is 0.0917. The molecule has 0 saturated heterocycles. The molecule has 29 heavy (non-hydrogen) atoms. The van der Waals surface area contributed by atoms with Gasteiger partial charge in [0.1, 0.15) is 0 Å². The predicted molar refractivity (Wildman–Crippen MR) is 118 cm³/mol. The number of hydrogen-bond acceptors (Lipinski definition) is 3. The number of aryl methyl sites for hydroxylation is 2. The third kappa shape index (κ3) is 4.42. The summed E-state index contributed by atoms with van der Waals surface area (Å²) in [4.78, 5) is 17.5. The van der Waals surface area contributed by atoms with Crippen LogP contribution in [0.2, 0.25) is 0 Å². The standard InChI is InChI=1S/C23H25BrN4O/c1-15-8-13-20(14-16(15)2)28-22(17-9-11-18(24)12-10-17)26-21(27-28)23(29)25-19-6-4-3-5-7-19/h8-14,19H,3-7H2,1-2H3,(H,25,29). The number of carbonyl (C=O) groups is 1. The monoisotopic (exact) mass is 452 g/mol. The lowest BCUT2D eigenvalue weighted by atomic mass is 9.95. The molecule has 2 aromatic carbocycles. The van der Waals surface area contributed by atoms with Gasteiger partial charge in [-0.2, -0.15) is 0 Å². The van der Waals surface area contributed by atoms with E-state index in [1.165, 1.54) is 30.4 Å². The molecular weight excluding hydrogens is 428 g/mol. The number of carbonyl (C=O) groups excluding carboxylic acids is 1. The molecule has 3 aromatic rings. The van der Waals surface area contributed by atoms with E-state index >= 15 is 0 Å². The molecule has 150 valence electrons. The van der Waals surface area contributed by atoms with E-state index in [2.05, 4.69) is 57.3 Å². The first kappa shape index (κ1) is 19.8. The van der Waals surface area contributed by atoms with Crippen LogP contribution in [0.1, 0.15) is 53.8 Å². The van der Waals surface area contributed by atoms with Gasteiger partial charge in [-0.25, -0.2) is 9.67 Å². The molecule has 4 rings (SSSR count). The minimum absolute atomic E-state index is 0.196. The Labute approximate surface area is 179 Å². The van der Waals surface area contributed by atoms with E-state index in [0.717, 1.165) is 28.6 Å². The molecule has 1 heterocycles. The maximum absolute atomic E-state index is 12.9. The number of hydrogen-bond donors (Lipinski definition) is 1. The van der Waals surface area contributed by atoms with Crippen molar-refractivity contribution in [2.45, 2.75) is 52.0 Å². The van der Waals surface area contributed by atoms with Gasteiger partial charge in [0.25, 0.3) is 5.91 Å². The van der Waals surface area contributed by atoms with E-state index in [1.54, 1.807) is 4.68 Å². The van der Waals surface area contributed by atoms with E-state index < -0.39 is 0 Å². The van der Waals surface area contributed by atoms with Gasteiger partial charge in [-0.3, -0.25) is 4.79 Å². The van der Waals surface area contributed by atoms with Gasteiger partial charge in [-0.05, 0) is 62.1 Å². The summed E-state index contributed by atoms with van der Waals surface area (Å²) in [6.07, 6.45) is 5.64. The van der Waals surface area contributed by atoms with E-state index in [1.807, 2.05) is 30.3 Å². The van der Waals surface area contributed by atoms with E-state index in [4.69, 9.17) is 0 Å². The minimum atomic E-state index is -0.196. The van der Waals surface area contributed by atoms with Crippen LogP contribution in [0.15, 0.2) is 46.9 Å². The summed E-state index contributed by atoms with van der Waals surface area (Å²) in [7, 11) is 0. The second-order valence-corrected chi connectivity index (χ2v) is 8.67. The molecule has 1 N–H and O–H groups in total. The molecule has 1 saturated carbocycles. The molecule has 5 nitrogen and oxygen atoms in total. The summed E-state index contributed by atoms with van der Waals surface area (Å²) in [5.41, 5.74) is 4.20. The van der Waals surface area contributed by atoms with Gasteiger partial charge in [0.05, 0.1) is 5.69 Å². The van der Waals surface area contributed by atoms with Crippen LogP contribution in [0.3, 0.4) is 0 Å². The van der Waals surface area contributed by atoms with Crippen molar-refractivity contribution >= 4 is 21.8 Å². The zero-order chi connectivity index (χ0) is 20.4. The molecule has 1 amide bonds. The Hall–Kier alpha value is -2.47. The minimum Gasteiger partial charge on any atom is -0.347 e. The molecular formula is C23H25BrN4O. The van der Waals surface area contributed by atoms with Crippen LogP contribution in [0.4, 0.5) is 0 Å². The Balaban J connectivity index is 1.72. The van der Waals surface area contributed by atoms with Crippen molar-refractivity contribution in [1.82, 2.24) is 20.1 Å². The molecule has 1 aliphatic carbocycles. The van der Waals surface area contributed by atoms with Crippen LogP contribution in [-0.2, 0) is 0 Å². The molecule has 6 heteroatoms. The summed E-state index contributed by atoms with van der Waals surface area (Å²) in [5, 5.41) is 7.72. The maximum atomic E-state index is 12.9. The number of nitrogens with zero attached hydrogens (tertiary/aromatic N) is 3. The average molecular weight is 453 g/mol. The number of amides is 1. The molecule has 0 unspecified atom stereocenters. The van der Waals surface area contributed by atoms with Crippen LogP contribution >= 0.6 is 15.9 Å². The Bertz CT molecular complexity index is 1020. The highest BCUT2D eigenvalue weighted by Gasteiger charge is 2.22. The normalized spacial score (nSPS) is 14.7. The smallest absolute Gasteiger partial charge is 0.291 e. The van der Waals surface area contributed by atoms with Crippen LogP contribution in [0, 0.1) is 13.8 Å². The fourth-order valence-corrected chi connectivity index (χ4v) is 3.99. The van der Waals surface area contributed by atoms with Gasteiger partial charge in [-0.1, -0.05) is 53.4 Å². The third-order valence-electron chi connectivity index (χ3n) is 5.59. The first-order chi connectivity index (χ1) is 14.0. The van der Waals surface area contributed by atoms with Crippen LogP contribution < -0.4 is 5.32 Å². The Kier molecular flexibility index (Phi) is 5.81. The van der Waals surface area contributed by atoms with E-state index in [9.17, 15) is 4.79 Å². The molecule has 1 fully saturated rings. The summed E-state index contributed by atoms with van der Waals surface area (Å²) in [6, 6.07) is 14.3. The lowest BCUT2D eigenvalue weighted by Gasteiger charge is -2.21. The molecule has 0 bridgehead atoms. The molecule has 1 aromatic heterocycles. The highest BCUT2D eigenvalue weighted by atomic mass is 79.9. The Morgan fingerprint density at radius 1 is 1.03 bits per heavy atom. The zero-order valence-corrected chi connectivity index (χ0v) is 18.4. The van der Waals surface area contributed by atoms with Gasteiger partial charge in [0, 0.05) is 16.1 Å². The summed E-state index contributed by atoms with van der Waals surface area (Å²) >= 11 is 3.48. The molecule has 0 atom stereocenters. The van der Waals surface area contributed by atoms with Crippen molar-refractivity contribution in [1.29, 1.82) is 0 Å². The quantitative estimate of drug-likeness (QED) is 0.578. The second kappa shape index (κ2) is 8.49. The van der Waals surface area contributed by atoms with Crippen molar-refractivity contribution in [3.05, 3.63) is 63.9 Å². The van der Waals surface area contributed by atoms with Crippen molar-refractivity contribution in [2.75, 3.05) is 0 Å². The van der Waals surface area contributed by atoms with Crippen molar-refractivity contribution in [2.24, 2.45) is 0 Å². The molecule has 0 aliphatic heterocycles. The topological polar surface area (TPSA) is 59.8 Å². The van der Waals surface area contributed by atoms with Gasteiger partial charge >= 0.3 is 0 Å². The lowest BCUT2D eigenvalue weighted by Crippen LogP contribution is -2.36. The number of nitrogens with one attached hydrogen (secondary N) is 1. The van der Waals surface area contributed by atoms with Crippen LogP contribution in [-0.4, -0.2) is 26.7 Å². The van der Waals surface area contributed by atoms with Gasteiger partial charge in [0.2, 0.25) is 5.82 Å². The summed E-state index contributed by atoms with van der Waals surface area (Å²) in [6.45, 7) is 4.16. The average Bonchev–Trinajstić information content (AvgIpc) is 3.17. The first-order valence-electron chi connectivity index (χ1n) is 10.1. The molecule has 1 aliphatic rings. The van der Waals surface area contributed by atoms with E-state index in [-0.39, 0.29) is 17.8 Å². The maximum Gasteiger partial charge on any atom is 0.291 e. The number of rotatable bonds is 4. The van der Waals surface area contributed by atoms with Gasteiger partial charge in [0.15, 0.2) is 5.82 Å². The van der Waals surface area contributed by atoms with Crippen molar-refractivity contribution in [3.8, 4) is 17.1 Å². The molecule has 0 spiro atoms. The first-order valence-corrected chi connectivity index (χ1v) is 10.9. The fraction of sp³-hybridized carbons (Fsp3) is 0.348. The Morgan fingerprint density at radius 2 is 1.76 bits per heavy atom. The number of benzene rings is 2. The highest BCUT2D eigenvalue weighted by molar-refractivity contribution is 9.10. The number of aromatic nitrogens is 3. The van der Waals surface area contributed by atoms with Crippen molar-refractivity contribution < 1.29 is 4.79 Å². The second-order valence-electron chi connectivity index (χ2n) is 7.75. The highest BCUT2D eigenvalue weighted by Crippen LogP contribution is 2.25. The molecule has 0 radical (unpaired) electrons. The third-order valence-corrected chi connectivity index (χ3v) is 6.12. The van der Waals surface area contributed by atoms with E-state index in [0.29, 0.717) is 5.82 Å². The fourth-order valence-electron chi connectivity index (χ4n) is 3.73. The van der Waals surface area contributed by atoms with Crippen LogP contribution in [0.25, 0.3) is 17.1 Å². The largest absolute Gasteiger partial charge is 0.347 e. The van der Waals surface area contributed by atoms with Gasteiger partial charge < -0.3 is 5.32 Å². The summed E-state index contributed by atoms with van der Waals surface area (Å²) in [5.74, 6) is 0.680. The SMILES string of the molecule is Cc1ccc(-n2nc(C(=O)NC3CCCCC3)nc2-c2ccc(Br)cc2)cc1C. The summed E-state index contributed by atoms with van der Waals surface area (Å²) < 4.78 is 2.76. The predicted octanol–water partition coefficient (Wildman–Crippen LogP) is 5.38. The number of halogens is 1. The Morgan fingerprint density at radius 3 is 2.45 bits per heavy atom. The van der Waals surface area contributed by atoms with Crippen LogP contribution in [0.5, 0.6) is 0 Å².